The van der Waals surface area contributed by atoms with Gasteiger partial charge in [0.2, 0.25) is 0 Å². The fourth-order valence-corrected chi connectivity index (χ4v) is 8.04. The zero-order valence-corrected chi connectivity index (χ0v) is 26.5. The molecule has 0 fully saturated rings. The lowest BCUT2D eigenvalue weighted by molar-refractivity contribution is 0.768. The molecular weight excluding hydrogens is 565 g/mol. The van der Waals surface area contributed by atoms with Gasteiger partial charge in [0, 0.05) is 0 Å². The van der Waals surface area contributed by atoms with E-state index in [4.69, 9.17) is 0 Å². The van der Waals surface area contributed by atoms with Crippen molar-refractivity contribution in [3.8, 4) is 33.4 Å². The first-order valence-corrected chi connectivity index (χ1v) is 16.6. The van der Waals surface area contributed by atoms with E-state index >= 15 is 0 Å². The van der Waals surface area contributed by atoms with Gasteiger partial charge in [0.15, 0.2) is 0 Å². The van der Waals surface area contributed by atoms with Gasteiger partial charge in [0.05, 0.1) is 5.41 Å². The number of fused-ring (bicyclic) bond motifs is 5. The molecule has 0 radical (unpaired) electrons. The van der Waals surface area contributed by atoms with E-state index in [1.165, 1.54) is 83.1 Å². The highest BCUT2D eigenvalue weighted by Gasteiger charge is 2.46. The van der Waals surface area contributed by atoms with Crippen LogP contribution in [0.25, 0.3) is 56.3 Å². The van der Waals surface area contributed by atoms with Crippen LogP contribution < -0.4 is 0 Å². The van der Waals surface area contributed by atoms with E-state index in [9.17, 15) is 0 Å². The van der Waals surface area contributed by atoms with E-state index in [0.717, 1.165) is 6.42 Å². The molecule has 0 saturated carbocycles. The van der Waals surface area contributed by atoms with Gasteiger partial charge in [0.25, 0.3) is 0 Å². The van der Waals surface area contributed by atoms with Gasteiger partial charge in [-0.25, -0.2) is 0 Å². The molecule has 9 rings (SSSR count). The molecule has 0 heteroatoms. The quantitative estimate of drug-likeness (QED) is 0.189. The van der Waals surface area contributed by atoms with Gasteiger partial charge < -0.3 is 0 Å². The molecule has 7 aromatic rings. The van der Waals surface area contributed by atoms with Gasteiger partial charge in [-0.05, 0) is 103 Å². The molecular formula is C47H34. The molecule has 0 N–H and O–H groups in total. The summed E-state index contributed by atoms with van der Waals surface area (Å²) in [4.78, 5) is 0. The summed E-state index contributed by atoms with van der Waals surface area (Å²) in [6.07, 6.45) is 10.0. The summed E-state index contributed by atoms with van der Waals surface area (Å²) in [7, 11) is 0. The van der Waals surface area contributed by atoms with E-state index in [0.29, 0.717) is 0 Å². The molecule has 1 atom stereocenters. The minimum atomic E-state index is -0.488. The van der Waals surface area contributed by atoms with Crippen LogP contribution in [0.15, 0.2) is 164 Å². The maximum atomic E-state index is 2.48. The normalized spacial score (nSPS) is 16.0. The number of hydrogen-bond donors (Lipinski definition) is 0. The summed E-state index contributed by atoms with van der Waals surface area (Å²) >= 11 is 0. The second kappa shape index (κ2) is 11.0. The van der Waals surface area contributed by atoms with Crippen molar-refractivity contribution in [3.63, 3.8) is 0 Å². The highest BCUT2D eigenvalue weighted by Crippen LogP contribution is 2.57. The van der Waals surface area contributed by atoms with Crippen molar-refractivity contribution in [2.75, 3.05) is 0 Å². The highest BCUT2D eigenvalue weighted by molar-refractivity contribution is 5.98. The summed E-state index contributed by atoms with van der Waals surface area (Å²) in [6.45, 7) is 2.18. The first-order chi connectivity index (χ1) is 23.2. The zero-order valence-electron chi connectivity index (χ0n) is 26.5. The van der Waals surface area contributed by atoms with E-state index in [-0.39, 0.29) is 0 Å². The molecule has 0 bridgehead atoms. The van der Waals surface area contributed by atoms with Gasteiger partial charge in [0.1, 0.15) is 0 Å². The monoisotopic (exact) mass is 598 g/mol. The Morgan fingerprint density at radius 1 is 0.468 bits per heavy atom. The third kappa shape index (κ3) is 4.29. The van der Waals surface area contributed by atoms with Crippen molar-refractivity contribution in [3.05, 3.63) is 203 Å². The first kappa shape index (κ1) is 27.6. The van der Waals surface area contributed by atoms with Crippen LogP contribution in [0.3, 0.4) is 0 Å². The van der Waals surface area contributed by atoms with E-state index in [2.05, 4.69) is 183 Å². The second-order valence-corrected chi connectivity index (χ2v) is 12.9. The standard InChI is InChI=1S/C47H34/c1-32-22-26-38(27-23-32)47(37-16-5-3-6-17-37)45-30-35(41-20-10-14-33-12-4-2-7-18-39(33)41)24-28-43(45)44-29-25-36(31-46(44)47)42-21-11-15-34-13-8-9-19-40(34)42/h3-31H,2H2,1H3. The minimum Gasteiger partial charge on any atom is -0.0801 e. The SMILES string of the molecule is Cc1ccc(C2(c3ccccc3)c3cc(-c4cccc5c4C=CCC=C5)ccc3-c3ccc(-c4cccc5ccccc45)cc32)cc1. The Labute approximate surface area is 277 Å². The van der Waals surface area contributed by atoms with Crippen molar-refractivity contribution in [1.82, 2.24) is 0 Å². The molecule has 2 aliphatic carbocycles. The minimum absolute atomic E-state index is 0.488. The summed E-state index contributed by atoms with van der Waals surface area (Å²) < 4.78 is 0. The number of benzene rings is 7. The van der Waals surface area contributed by atoms with Crippen LogP contribution in [0.1, 0.15) is 45.4 Å². The molecule has 47 heavy (non-hydrogen) atoms. The third-order valence-electron chi connectivity index (χ3n) is 10.2. The summed E-state index contributed by atoms with van der Waals surface area (Å²) in [5.74, 6) is 0. The fourth-order valence-electron chi connectivity index (χ4n) is 8.04. The summed E-state index contributed by atoms with van der Waals surface area (Å²) in [5.41, 5.74) is 16.2. The third-order valence-corrected chi connectivity index (χ3v) is 10.2. The van der Waals surface area contributed by atoms with Crippen molar-refractivity contribution < 1.29 is 0 Å². The average Bonchev–Trinajstić information content (AvgIpc) is 3.22. The molecule has 0 nitrogen and oxygen atoms in total. The first-order valence-electron chi connectivity index (χ1n) is 16.6. The maximum absolute atomic E-state index is 2.48. The van der Waals surface area contributed by atoms with Crippen LogP contribution in [0.2, 0.25) is 0 Å². The average molecular weight is 599 g/mol. The van der Waals surface area contributed by atoms with E-state index < -0.39 is 5.41 Å². The molecule has 0 heterocycles. The van der Waals surface area contributed by atoms with Gasteiger partial charge >= 0.3 is 0 Å². The predicted molar refractivity (Wildman–Crippen MR) is 200 cm³/mol. The fraction of sp³-hybridized carbons (Fsp3) is 0.0638. The molecule has 2 aliphatic rings. The molecule has 222 valence electrons. The number of allylic oxidation sites excluding steroid dienone is 2. The topological polar surface area (TPSA) is 0 Å². The summed E-state index contributed by atoms with van der Waals surface area (Å²) in [5, 5.41) is 2.54. The smallest absolute Gasteiger partial charge is 0.0714 e. The number of rotatable bonds is 4. The molecule has 0 amide bonds. The lowest BCUT2D eigenvalue weighted by Gasteiger charge is -2.34. The number of aryl methyl sites for hydroxylation is 1. The van der Waals surface area contributed by atoms with Gasteiger partial charge in [-0.2, -0.15) is 0 Å². The predicted octanol–water partition coefficient (Wildman–Crippen LogP) is 12.3. The molecule has 0 saturated heterocycles. The molecule has 7 aromatic carbocycles. The van der Waals surface area contributed by atoms with Crippen molar-refractivity contribution >= 4 is 22.9 Å². The lowest BCUT2D eigenvalue weighted by atomic mass is 9.67. The highest BCUT2D eigenvalue weighted by atomic mass is 14.5. The molecule has 0 aliphatic heterocycles. The number of hydrogen-bond acceptors (Lipinski definition) is 0. The Balaban J connectivity index is 1.36. The molecule has 0 spiro atoms. The Bertz CT molecular complexity index is 2360. The van der Waals surface area contributed by atoms with E-state index in [1.807, 2.05) is 0 Å². The Morgan fingerprint density at radius 2 is 1.09 bits per heavy atom. The van der Waals surface area contributed by atoms with Crippen LogP contribution in [0, 0.1) is 6.92 Å². The van der Waals surface area contributed by atoms with Gasteiger partial charge in [-0.15, -0.1) is 0 Å². The second-order valence-electron chi connectivity index (χ2n) is 12.9. The maximum Gasteiger partial charge on any atom is 0.0714 e. The largest absolute Gasteiger partial charge is 0.0801 e. The van der Waals surface area contributed by atoms with Gasteiger partial charge in [-0.3, -0.25) is 0 Å². The van der Waals surface area contributed by atoms with Crippen molar-refractivity contribution in [2.45, 2.75) is 18.8 Å². The van der Waals surface area contributed by atoms with Crippen molar-refractivity contribution in [2.24, 2.45) is 0 Å². The van der Waals surface area contributed by atoms with Crippen LogP contribution in [0.4, 0.5) is 0 Å². The molecule has 1 unspecified atom stereocenters. The molecule has 0 aromatic heterocycles. The van der Waals surface area contributed by atoms with E-state index in [1.54, 1.807) is 0 Å². The lowest BCUT2D eigenvalue weighted by Crippen LogP contribution is -2.28. The Kier molecular flexibility index (Phi) is 6.44. The van der Waals surface area contributed by atoms with Crippen LogP contribution in [-0.2, 0) is 5.41 Å². The van der Waals surface area contributed by atoms with Crippen LogP contribution in [0.5, 0.6) is 0 Å². The van der Waals surface area contributed by atoms with Gasteiger partial charge in [-0.1, -0.05) is 169 Å². The van der Waals surface area contributed by atoms with Crippen LogP contribution >= 0.6 is 0 Å². The summed E-state index contributed by atoms with van der Waals surface area (Å²) in [6, 6.07) is 56.8. The van der Waals surface area contributed by atoms with Crippen molar-refractivity contribution in [1.29, 1.82) is 0 Å². The Morgan fingerprint density at radius 3 is 1.87 bits per heavy atom. The zero-order chi connectivity index (χ0) is 31.4. The Hall–Kier alpha value is -5.72. The van der Waals surface area contributed by atoms with Crippen LogP contribution in [-0.4, -0.2) is 0 Å².